The van der Waals surface area contributed by atoms with Gasteiger partial charge in [-0.05, 0) is 110 Å². The van der Waals surface area contributed by atoms with E-state index in [0.717, 1.165) is 23.8 Å². The summed E-state index contributed by atoms with van der Waals surface area (Å²) in [6.07, 6.45) is 3.37. The molecule has 4 N–H and O–H groups in total. The number of hydrogen-bond donors (Lipinski definition) is 2. The number of hydrogen-bond acceptors (Lipinski definition) is 7. The van der Waals surface area contributed by atoms with Crippen LogP contribution < -0.4 is 41.0 Å². The van der Waals surface area contributed by atoms with Crippen LogP contribution in [0.1, 0.15) is 32.1 Å². The Bertz CT molecular complexity index is 2210. The van der Waals surface area contributed by atoms with Gasteiger partial charge in [0.05, 0.1) is 17.6 Å². The number of carbonyl (C=O) groups is 2. The minimum Gasteiger partial charge on any atom is -0.373 e. The fraction of sp³-hybridized carbons (Fsp3) is 0.0714. The van der Waals surface area contributed by atoms with E-state index in [1.165, 1.54) is 4.91 Å². The molecule has 4 heterocycles. The smallest absolute Gasteiger partial charge is 0.373 e. The standard InChI is InChI=1S/C14H10ClIN4O.C14H10IN7O.N3.Na/c15-7-8-1-2-11-10(5-8)13(14(17)21)19-20(11)12-6-9(16)3-4-18-12;15-9-3-4-18-12(6-9)22-11-2-1-8(7-19-21-17)5-10(11)13(20-22)14(16)23;1-3-2;/h1-6H,7H2,(H2,17,21);1-6H,7H2,(H2,16,23);;/q;;-1;+1. The molecule has 2 amide bonds. The number of nitrogens with two attached hydrogens (primary N) is 2. The number of aromatic nitrogens is 6. The van der Waals surface area contributed by atoms with Crippen LogP contribution in [0.25, 0.3) is 59.9 Å². The van der Waals surface area contributed by atoms with Gasteiger partial charge in [-0.25, -0.2) is 19.3 Å². The Morgan fingerprint density at radius 2 is 1.21 bits per heavy atom. The molecule has 0 radical (unpaired) electrons. The molecule has 0 atom stereocenters. The van der Waals surface area contributed by atoms with Crippen molar-refractivity contribution < 1.29 is 39.1 Å². The van der Waals surface area contributed by atoms with Crippen LogP contribution in [-0.4, -0.2) is 41.3 Å². The van der Waals surface area contributed by atoms with Crippen LogP contribution in [-0.2, 0) is 12.4 Å². The van der Waals surface area contributed by atoms with Gasteiger partial charge in [0, 0.05) is 41.1 Å². The normalized spacial score (nSPS) is 9.98. The molecule has 0 saturated heterocycles. The predicted octanol–water partition coefficient (Wildman–Crippen LogP) is 3.67. The zero-order valence-corrected chi connectivity index (χ0v) is 31.9. The van der Waals surface area contributed by atoms with Gasteiger partial charge in [-0.3, -0.25) is 14.5 Å². The van der Waals surface area contributed by atoms with Crippen molar-refractivity contribution in [1.29, 1.82) is 0 Å². The molecule has 0 fully saturated rings. The third-order valence-electron chi connectivity index (χ3n) is 6.28. The van der Waals surface area contributed by atoms with Crippen molar-refractivity contribution in [3.8, 4) is 11.6 Å². The van der Waals surface area contributed by atoms with Crippen molar-refractivity contribution in [3.05, 3.63) is 129 Å². The Hall–Kier alpha value is -4.01. The van der Waals surface area contributed by atoms with Gasteiger partial charge in [-0.2, -0.15) is 10.2 Å². The van der Waals surface area contributed by atoms with Crippen LogP contribution in [0.4, 0.5) is 0 Å². The monoisotopic (exact) mass is 896 g/mol. The average molecular weight is 897 g/mol. The van der Waals surface area contributed by atoms with E-state index in [1.54, 1.807) is 33.9 Å². The molecule has 4 aromatic heterocycles. The van der Waals surface area contributed by atoms with E-state index in [2.05, 4.69) is 75.4 Å². The molecule has 0 aliphatic rings. The second-order valence-electron chi connectivity index (χ2n) is 9.23. The van der Waals surface area contributed by atoms with Crippen LogP contribution in [0.2, 0.25) is 0 Å². The summed E-state index contributed by atoms with van der Waals surface area (Å²) in [6, 6.07) is 18.5. The third-order valence-corrected chi connectivity index (χ3v) is 7.93. The van der Waals surface area contributed by atoms with Gasteiger partial charge in [0.25, 0.3) is 11.8 Å². The number of azide groups is 1. The molecule has 6 aromatic rings. The van der Waals surface area contributed by atoms with Crippen molar-refractivity contribution in [2.45, 2.75) is 12.4 Å². The van der Waals surface area contributed by atoms with E-state index in [4.69, 9.17) is 39.7 Å². The minimum absolute atomic E-state index is 0. The van der Waals surface area contributed by atoms with Crippen molar-refractivity contribution in [2.75, 3.05) is 0 Å². The Balaban J connectivity index is 0.000000237. The van der Waals surface area contributed by atoms with Gasteiger partial charge in [0.2, 0.25) is 0 Å². The molecule has 0 bridgehead atoms. The number of halogens is 3. The number of primary amides is 2. The number of benzene rings is 2. The number of nitrogens with zero attached hydrogens (tertiary/aromatic N) is 12. The number of fused-ring (bicyclic) bond motifs is 2. The molecule has 48 heavy (non-hydrogen) atoms. The predicted molar refractivity (Wildman–Crippen MR) is 193 cm³/mol. The summed E-state index contributed by atoms with van der Waals surface area (Å²) in [5.74, 6) is 0.396. The maximum atomic E-state index is 11.7. The molecule has 0 aliphatic carbocycles. The Morgan fingerprint density at radius 3 is 1.60 bits per heavy atom. The van der Waals surface area contributed by atoms with Gasteiger partial charge >= 0.3 is 29.6 Å². The van der Waals surface area contributed by atoms with Gasteiger partial charge in [0.15, 0.2) is 23.0 Å². The van der Waals surface area contributed by atoms with Gasteiger partial charge in [0.1, 0.15) is 0 Å². The fourth-order valence-electron chi connectivity index (χ4n) is 4.36. The summed E-state index contributed by atoms with van der Waals surface area (Å²) in [7, 11) is 0. The summed E-state index contributed by atoms with van der Waals surface area (Å²) >= 11 is 10.2. The summed E-state index contributed by atoms with van der Waals surface area (Å²) in [6.45, 7) is 0.192. The third kappa shape index (κ3) is 9.11. The zero-order chi connectivity index (χ0) is 34.1. The first-order chi connectivity index (χ1) is 22.6. The van der Waals surface area contributed by atoms with Gasteiger partial charge < -0.3 is 22.5 Å². The van der Waals surface area contributed by atoms with Crippen LogP contribution in [0.15, 0.2) is 78.2 Å². The zero-order valence-electron chi connectivity index (χ0n) is 24.8. The molecule has 236 valence electrons. The Kier molecular flexibility index (Phi) is 14.4. The van der Waals surface area contributed by atoms with Crippen molar-refractivity contribution in [2.24, 2.45) is 16.6 Å². The molecule has 0 spiro atoms. The quantitative estimate of drug-likeness (QED) is 0.0603. The van der Waals surface area contributed by atoms with Crippen LogP contribution in [0, 0.1) is 7.14 Å². The molecule has 2 aromatic carbocycles. The van der Waals surface area contributed by atoms with Gasteiger partial charge in [-0.15, -0.1) is 11.6 Å². The number of rotatable bonds is 7. The number of amides is 2. The molecule has 20 heteroatoms. The summed E-state index contributed by atoms with van der Waals surface area (Å²) in [5.41, 5.74) is 36.3. The summed E-state index contributed by atoms with van der Waals surface area (Å²) in [5, 5.41) is 13.4. The van der Waals surface area contributed by atoms with Crippen molar-refractivity contribution >= 4 is 90.4 Å². The molecular weight excluding hydrogens is 877 g/mol. The van der Waals surface area contributed by atoms with E-state index in [0.29, 0.717) is 33.8 Å². The van der Waals surface area contributed by atoms with Crippen LogP contribution in [0.5, 0.6) is 0 Å². The second kappa shape index (κ2) is 17.9. The Morgan fingerprint density at radius 1 is 0.771 bits per heavy atom. The van der Waals surface area contributed by atoms with Crippen LogP contribution in [0.3, 0.4) is 0 Å². The van der Waals surface area contributed by atoms with Gasteiger partial charge in [-0.1, -0.05) is 17.2 Å². The van der Waals surface area contributed by atoms with Crippen molar-refractivity contribution in [1.82, 2.24) is 29.5 Å². The van der Waals surface area contributed by atoms with E-state index in [-0.39, 0.29) is 47.5 Å². The van der Waals surface area contributed by atoms with Crippen molar-refractivity contribution in [3.63, 3.8) is 0 Å². The van der Waals surface area contributed by atoms with E-state index < -0.39 is 11.8 Å². The maximum Gasteiger partial charge on any atom is 1.00 e. The van der Waals surface area contributed by atoms with E-state index >= 15 is 0 Å². The average Bonchev–Trinajstić information content (AvgIpc) is 3.63. The number of carbonyl (C=O) groups excluding carboxylic acids is 2. The van der Waals surface area contributed by atoms with E-state index in [1.807, 2.05) is 48.5 Å². The second-order valence-corrected chi connectivity index (χ2v) is 12.0. The summed E-state index contributed by atoms with van der Waals surface area (Å²) in [4.78, 5) is 36.1. The molecular formula is C28H20ClI2N14NaO2. The number of pyridine rings is 2. The molecule has 16 nitrogen and oxygen atoms in total. The summed E-state index contributed by atoms with van der Waals surface area (Å²) < 4.78 is 5.22. The first-order valence-electron chi connectivity index (χ1n) is 13.0. The first kappa shape index (κ1) is 38.4. The fourth-order valence-corrected chi connectivity index (χ4v) is 5.40. The molecule has 0 aliphatic heterocycles. The number of alkyl halides is 1. The topological polar surface area (TPSA) is 255 Å². The minimum atomic E-state index is -0.625. The molecule has 0 saturated carbocycles. The molecule has 0 unspecified atom stereocenters. The largest absolute Gasteiger partial charge is 1.00 e. The van der Waals surface area contributed by atoms with Crippen LogP contribution >= 0.6 is 56.8 Å². The Labute approximate surface area is 325 Å². The van der Waals surface area contributed by atoms with E-state index in [9.17, 15) is 9.59 Å². The SMILES string of the molecule is NC(=O)c1nn(-c2cc(I)ccn2)c2ccc(CCl)cc12.[N-]=[N+]=NCc1ccc2c(c1)c(C(N)=O)nn2-c1cc(I)ccn1.[N-]=[N+]=[N-].[Na+]. The molecule has 6 rings (SSSR count). The maximum absolute atomic E-state index is 11.7. The first-order valence-corrected chi connectivity index (χ1v) is 15.7.